The van der Waals surface area contributed by atoms with Crippen molar-refractivity contribution in [2.75, 3.05) is 13.2 Å². The van der Waals surface area contributed by atoms with Crippen molar-refractivity contribution >= 4 is 5.91 Å². The average Bonchev–Trinajstić information content (AvgIpc) is 2.80. The van der Waals surface area contributed by atoms with Crippen molar-refractivity contribution in [1.29, 1.82) is 0 Å². The SMILES string of the molecule is Cc1c(O)cccc1C(=O)N1CCCC1CO. The van der Waals surface area contributed by atoms with Crippen LogP contribution in [-0.4, -0.2) is 40.2 Å². The van der Waals surface area contributed by atoms with E-state index in [1.54, 1.807) is 30.0 Å². The lowest BCUT2D eigenvalue weighted by Crippen LogP contribution is -2.37. The second-order valence-electron chi connectivity index (χ2n) is 4.43. The lowest BCUT2D eigenvalue weighted by atomic mass is 10.1. The van der Waals surface area contributed by atoms with E-state index in [9.17, 15) is 15.0 Å². The number of nitrogens with zero attached hydrogens (tertiary/aromatic N) is 1. The van der Waals surface area contributed by atoms with E-state index < -0.39 is 0 Å². The summed E-state index contributed by atoms with van der Waals surface area (Å²) in [4.78, 5) is 14.0. The number of hydrogen-bond acceptors (Lipinski definition) is 3. The maximum Gasteiger partial charge on any atom is 0.254 e. The van der Waals surface area contributed by atoms with Gasteiger partial charge < -0.3 is 15.1 Å². The number of phenolic OH excluding ortho intramolecular Hbond substituents is 1. The van der Waals surface area contributed by atoms with Gasteiger partial charge in [-0.05, 0) is 31.9 Å². The topological polar surface area (TPSA) is 60.8 Å². The Balaban J connectivity index is 2.28. The Hall–Kier alpha value is -1.55. The van der Waals surface area contributed by atoms with Crippen LogP contribution in [0.1, 0.15) is 28.8 Å². The van der Waals surface area contributed by atoms with Crippen molar-refractivity contribution in [3.63, 3.8) is 0 Å². The highest BCUT2D eigenvalue weighted by Crippen LogP contribution is 2.24. The van der Waals surface area contributed by atoms with E-state index in [-0.39, 0.29) is 24.3 Å². The zero-order valence-corrected chi connectivity index (χ0v) is 9.89. The summed E-state index contributed by atoms with van der Waals surface area (Å²) in [5.74, 6) is 0.0329. The first kappa shape index (κ1) is 11.9. The molecule has 92 valence electrons. The first-order chi connectivity index (χ1) is 8.15. The van der Waals surface area contributed by atoms with Crippen LogP contribution < -0.4 is 0 Å². The predicted octanol–water partition coefficient (Wildman–Crippen LogP) is 1.30. The third-order valence-corrected chi connectivity index (χ3v) is 3.38. The Morgan fingerprint density at radius 1 is 1.53 bits per heavy atom. The van der Waals surface area contributed by atoms with Gasteiger partial charge in [0.2, 0.25) is 0 Å². The van der Waals surface area contributed by atoms with Crippen LogP contribution in [0.3, 0.4) is 0 Å². The molecule has 1 aromatic carbocycles. The molecule has 1 amide bonds. The molecule has 1 fully saturated rings. The summed E-state index contributed by atoms with van der Waals surface area (Å²) >= 11 is 0. The molecule has 4 nitrogen and oxygen atoms in total. The molecule has 0 aromatic heterocycles. The third-order valence-electron chi connectivity index (χ3n) is 3.38. The fourth-order valence-corrected chi connectivity index (χ4v) is 2.30. The largest absolute Gasteiger partial charge is 0.508 e. The lowest BCUT2D eigenvalue weighted by molar-refractivity contribution is 0.0676. The van der Waals surface area contributed by atoms with E-state index in [2.05, 4.69) is 0 Å². The molecule has 1 aromatic rings. The maximum atomic E-state index is 12.3. The summed E-state index contributed by atoms with van der Waals surface area (Å²) in [5, 5.41) is 18.8. The minimum absolute atomic E-state index is 0.00357. The van der Waals surface area contributed by atoms with Gasteiger partial charge in [-0.1, -0.05) is 6.07 Å². The van der Waals surface area contributed by atoms with Gasteiger partial charge in [-0.15, -0.1) is 0 Å². The van der Waals surface area contributed by atoms with Crippen molar-refractivity contribution in [2.24, 2.45) is 0 Å². The van der Waals surface area contributed by atoms with Crippen molar-refractivity contribution < 1.29 is 15.0 Å². The molecule has 1 aliphatic heterocycles. The molecule has 0 radical (unpaired) electrons. The van der Waals surface area contributed by atoms with Gasteiger partial charge in [0.1, 0.15) is 5.75 Å². The Morgan fingerprint density at radius 2 is 2.29 bits per heavy atom. The van der Waals surface area contributed by atoms with Gasteiger partial charge in [0.05, 0.1) is 12.6 Å². The van der Waals surface area contributed by atoms with Gasteiger partial charge in [0.15, 0.2) is 0 Å². The number of aliphatic hydroxyl groups is 1. The van der Waals surface area contributed by atoms with Crippen LogP contribution in [0.5, 0.6) is 5.75 Å². The maximum absolute atomic E-state index is 12.3. The molecule has 0 aliphatic carbocycles. The average molecular weight is 235 g/mol. The van der Waals surface area contributed by atoms with E-state index in [4.69, 9.17) is 0 Å². The number of aliphatic hydroxyl groups excluding tert-OH is 1. The molecule has 0 spiro atoms. The van der Waals surface area contributed by atoms with Crippen molar-refractivity contribution in [2.45, 2.75) is 25.8 Å². The summed E-state index contributed by atoms with van der Waals surface area (Å²) in [6, 6.07) is 4.87. The molecule has 1 unspecified atom stereocenters. The molecular formula is C13H17NO3. The molecule has 2 N–H and O–H groups in total. The number of aromatic hydroxyl groups is 1. The van der Waals surface area contributed by atoms with Gasteiger partial charge in [-0.25, -0.2) is 0 Å². The predicted molar refractivity (Wildman–Crippen MR) is 64.0 cm³/mol. The molecule has 1 saturated heterocycles. The molecule has 1 aliphatic rings. The number of rotatable bonds is 2. The quantitative estimate of drug-likeness (QED) is 0.812. The minimum Gasteiger partial charge on any atom is -0.508 e. The van der Waals surface area contributed by atoms with Crippen molar-refractivity contribution in [3.05, 3.63) is 29.3 Å². The molecular weight excluding hydrogens is 218 g/mol. The zero-order chi connectivity index (χ0) is 12.4. The molecule has 1 atom stereocenters. The zero-order valence-electron chi connectivity index (χ0n) is 9.89. The fraction of sp³-hybridized carbons (Fsp3) is 0.462. The summed E-state index contributed by atoms with van der Waals surface area (Å²) in [7, 11) is 0. The number of hydrogen-bond donors (Lipinski definition) is 2. The van der Waals surface area contributed by atoms with Crippen LogP contribution in [0, 0.1) is 6.92 Å². The Kier molecular flexibility index (Phi) is 3.33. The van der Waals surface area contributed by atoms with E-state index in [1.807, 2.05) is 0 Å². The Labute approximate surface area is 100 Å². The van der Waals surface area contributed by atoms with E-state index in [0.717, 1.165) is 12.8 Å². The number of phenols is 1. The number of benzene rings is 1. The Bertz CT molecular complexity index is 431. The van der Waals surface area contributed by atoms with Gasteiger partial charge in [-0.3, -0.25) is 4.79 Å². The smallest absolute Gasteiger partial charge is 0.254 e. The first-order valence-electron chi connectivity index (χ1n) is 5.85. The van der Waals surface area contributed by atoms with Gasteiger partial charge >= 0.3 is 0 Å². The third kappa shape index (κ3) is 2.13. The number of carbonyl (C=O) groups is 1. The highest BCUT2D eigenvalue weighted by atomic mass is 16.3. The van der Waals surface area contributed by atoms with Crippen LogP contribution >= 0.6 is 0 Å². The van der Waals surface area contributed by atoms with E-state index in [0.29, 0.717) is 17.7 Å². The van der Waals surface area contributed by atoms with E-state index >= 15 is 0 Å². The van der Waals surface area contributed by atoms with Crippen LogP contribution in [0.4, 0.5) is 0 Å². The summed E-state index contributed by atoms with van der Waals surface area (Å²) in [5.41, 5.74) is 1.12. The molecule has 0 bridgehead atoms. The number of amides is 1. The summed E-state index contributed by atoms with van der Waals surface area (Å²) < 4.78 is 0. The lowest BCUT2D eigenvalue weighted by Gasteiger charge is -2.23. The monoisotopic (exact) mass is 235 g/mol. The van der Waals surface area contributed by atoms with Crippen molar-refractivity contribution in [1.82, 2.24) is 4.90 Å². The molecule has 4 heteroatoms. The van der Waals surface area contributed by atoms with Gasteiger partial charge in [-0.2, -0.15) is 0 Å². The second kappa shape index (κ2) is 4.75. The van der Waals surface area contributed by atoms with Crippen molar-refractivity contribution in [3.8, 4) is 5.75 Å². The highest BCUT2D eigenvalue weighted by molar-refractivity contribution is 5.96. The molecule has 2 rings (SSSR count). The second-order valence-corrected chi connectivity index (χ2v) is 4.43. The minimum atomic E-state index is -0.102. The molecule has 0 saturated carbocycles. The fourth-order valence-electron chi connectivity index (χ4n) is 2.30. The van der Waals surface area contributed by atoms with Gasteiger partial charge in [0.25, 0.3) is 5.91 Å². The summed E-state index contributed by atoms with van der Waals surface area (Å²) in [6.07, 6.45) is 1.77. The normalized spacial score (nSPS) is 19.6. The standard InChI is InChI=1S/C13H17NO3/c1-9-11(5-2-6-12(9)16)13(17)14-7-3-4-10(14)8-15/h2,5-6,10,15-16H,3-4,7-8H2,1H3. The molecule has 17 heavy (non-hydrogen) atoms. The van der Waals surface area contributed by atoms with E-state index in [1.165, 1.54) is 0 Å². The van der Waals surface area contributed by atoms with Crippen LogP contribution in [-0.2, 0) is 0 Å². The van der Waals surface area contributed by atoms with Crippen LogP contribution in [0.15, 0.2) is 18.2 Å². The first-order valence-corrected chi connectivity index (χ1v) is 5.85. The highest BCUT2D eigenvalue weighted by Gasteiger charge is 2.29. The van der Waals surface area contributed by atoms with Crippen LogP contribution in [0.25, 0.3) is 0 Å². The van der Waals surface area contributed by atoms with Gasteiger partial charge in [0, 0.05) is 17.7 Å². The number of likely N-dealkylation sites (tertiary alicyclic amines) is 1. The summed E-state index contributed by atoms with van der Waals surface area (Å²) in [6.45, 7) is 2.41. The number of carbonyl (C=O) groups excluding carboxylic acids is 1. The Morgan fingerprint density at radius 3 is 3.00 bits per heavy atom. The van der Waals surface area contributed by atoms with Crippen LogP contribution in [0.2, 0.25) is 0 Å². The molecule has 1 heterocycles.